The van der Waals surface area contributed by atoms with Crippen molar-refractivity contribution in [1.29, 1.82) is 0 Å². The quantitative estimate of drug-likeness (QED) is 0.872. The molecule has 0 bridgehead atoms. The highest BCUT2D eigenvalue weighted by molar-refractivity contribution is 6.32. The molecule has 4 nitrogen and oxygen atoms in total. The lowest BCUT2D eigenvalue weighted by molar-refractivity contribution is -0.147. The number of aliphatic carboxylic acids is 1. The minimum atomic E-state index is -0.858. The molecule has 20 heavy (non-hydrogen) atoms. The molecule has 1 N–H and O–H groups in total. The number of likely N-dealkylation sites (tertiary alicyclic amines) is 1. The van der Waals surface area contributed by atoms with E-state index in [1.807, 2.05) is 18.2 Å². The number of benzene rings is 1. The predicted molar refractivity (Wildman–Crippen MR) is 77.4 cm³/mol. The molecule has 1 unspecified atom stereocenters. The molecular weight excluding hydrogens is 278 g/mol. The number of hydrogen-bond donors (Lipinski definition) is 1. The Morgan fingerprint density at radius 1 is 1.40 bits per heavy atom. The zero-order chi connectivity index (χ0) is 14.8. The van der Waals surface area contributed by atoms with Crippen LogP contribution in [-0.2, 0) is 9.59 Å². The Labute approximate surface area is 122 Å². The maximum atomic E-state index is 12.0. The van der Waals surface area contributed by atoms with E-state index in [2.05, 4.69) is 0 Å². The van der Waals surface area contributed by atoms with E-state index in [9.17, 15) is 9.59 Å². The summed E-state index contributed by atoms with van der Waals surface area (Å²) in [6.07, 6.45) is 3.57. The summed E-state index contributed by atoms with van der Waals surface area (Å²) in [5, 5.41) is 9.72. The zero-order valence-corrected chi connectivity index (χ0v) is 11.9. The molecule has 0 spiro atoms. The van der Waals surface area contributed by atoms with Gasteiger partial charge in [0.25, 0.3) is 0 Å². The second kappa shape index (κ2) is 5.67. The van der Waals surface area contributed by atoms with Crippen LogP contribution in [0.25, 0.3) is 6.08 Å². The van der Waals surface area contributed by atoms with Crippen molar-refractivity contribution in [2.45, 2.75) is 13.3 Å². The SMILES string of the molecule is CC1(C(=O)O)CCN(C(=O)C=Cc2ccccc2Cl)C1. The number of carbonyl (C=O) groups excluding carboxylic acids is 1. The normalized spacial score (nSPS) is 22.4. The Balaban J connectivity index is 2.04. The maximum Gasteiger partial charge on any atom is 0.311 e. The number of carboxylic acid groups (broad SMARTS) is 1. The summed E-state index contributed by atoms with van der Waals surface area (Å²) in [5.74, 6) is -1.04. The van der Waals surface area contributed by atoms with E-state index in [1.165, 1.54) is 6.08 Å². The molecule has 5 heteroatoms. The molecular formula is C15H16ClNO3. The van der Waals surface area contributed by atoms with E-state index in [4.69, 9.17) is 16.7 Å². The molecule has 1 fully saturated rings. The maximum absolute atomic E-state index is 12.0. The van der Waals surface area contributed by atoms with Crippen LogP contribution in [0.4, 0.5) is 0 Å². The Kier molecular flexibility index (Phi) is 4.14. The van der Waals surface area contributed by atoms with Crippen LogP contribution in [0.5, 0.6) is 0 Å². The third kappa shape index (κ3) is 3.02. The molecule has 0 saturated carbocycles. The van der Waals surface area contributed by atoms with Gasteiger partial charge in [0, 0.05) is 24.2 Å². The highest BCUT2D eigenvalue weighted by atomic mass is 35.5. The van der Waals surface area contributed by atoms with Crippen molar-refractivity contribution in [1.82, 2.24) is 4.90 Å². The molecule has 0 aromatic heterocycles. The van der Waals surface area contributed by atoms with Crippen LogP contribution in [0.3, 0.4) is 0 Å². The molecule has 2 rings (SSSR count). The first-order valence-corrected chi connectivity index (χ1v) is 6.75. The number of carboxylic acids is 1. The van der Waals surface area contributed by atoms with Crippen molar-refractivity contribution in [3.8, 4) is 0 Å². The third-order valence-corrected chi connectivity index (χ3v) is 3.96. The Bertz CT molecular complexity index is 570. The minimum Gasteiger partial charge on any atom is -0.481 e. The van der Waals surface area contributed by atoms with Crippen LogP contribution in [0.1, 0.15) is 18.9 Å². The van der Waals surface area contributed by atoms with Gasteiger partial charge in [0.1, 0.15) is 0 Å². The molecule has 0 aliphatic carbocycles. The first-order chi connectivity index (χ1) is 9.42. The fourth-order valence-corrected chi connectivity index (χ4v) is 2.40. The van der Waals surface area contributed by atoms with E-state index in [0.29, 0.717) is 18.0 Å². The van der Waals surface area contributed by atoms with Crippen molar-refractivity contribution in [3.05, 3.63) is 40.9 Å². The van der Waals surface area contributed by atoms with Gasteiger partial charge in [-0.25, -0.2) is 0 Å². The van der Waals surface area contributed by atoms with Crippen LogP contribution in [0.15, 0.2) is 30.3 Å². The smallest absolute Gasteiger partial charge is 0.311 e. The lowest BCUT2D eigenvalue weighted by Gasteiger charge is -2.18. The Hall–Kier alpha value is -1.81. The summed E-state index contributed by atoms with van der Waals surface area (Å²) >= 11 is 6.00. The largest absolute Gasteiger partial charge is 0.481 e. The highest BCUT2D eigenvalue weighted by Gasteiger charge is 2.41. The summed E-state index contributed by atoms with van der Waals surface area (Å²) in [5.41, 5.74) is -0.0730. The number of amides is 1. The zero-order valence-electron chi connectivity index (χ0n) is 11.2. The van der Waals surface area contributed by atoms with Gasteiger partial charge in [-0.05, 0) is 31.1 Å². The molecule has 1 aliphatic rings. The Morgan fingerprint density at radius 3 is 2.70 bits per heavy atom. The topological polar surface area (TPSA) is 57.6 Å². The van der Waals surface area contributed by atoms with E-state index in [0.717, 1.165) is 5.56 Å². The summed E-state index contributed by atoms with van der Waals surface area (Å²) in [4.78, 5) is 24.7. The van der Waals surface area contributed by atoms with Crippen LogP contribution >= 0.6 is 11.6 Å². The summed E-state index contributed by atoms with van der Waals surface area (Å²) in [7, 11) is 0. The first kappa shape index (κ1) is 14.6. The average molecular weight is 294 g/mol. The lowest BCUT2D eigenvalue weighted by Crippen LogP contribution is -2.34. The van der Waals surface area contributed by atoms with Crippen LogP contribution in [0, 0.1) is 5.41 Å². The van der Waals surface area contributed by atoms with Crippen molar-refractivity contribution in [2.24, 2.45) is 5.41 Å². The van der Waals surface area contributed by atoms with Crippen LogP contribution < -0.4 is 0 Å². The molecule has 1 aromatic rings. The summed E-state index contributed by atoms with van der Waals surface area (Å²) in [6, 6.07) is 7.23. The van der Waals surface area contributed by atoms with Gasteiger partial charge < -0.3 is 10.0 Å². The molecule has 0 radical (unpaired) electrons. The van der Waals surface area contributed by atoms with Gasteiger partial charge in [-0.1, -0.05) is 29.8 Å². The van der Waals surface area contributed by atoms with Gasteiger partial charge in [0.2, 0.25) is 5.91 Å². The summed E-state index contributed by atoms with van der Waals surface area (Å²) in [6.45, 7) is 2.38. The molecule has 1 saturated heterocycles. The molecule has 1 atom stereocenters. The third-order valence-electron chi connectivity index (χ3n) is 3.61. The fourth-order valence-electron chi connectivity index (χ4n) is 2.20. The molecule has 1 aromatic carbocycles. The van der Waals surface area contributed by atoms with Crippen molar-refractivity contribution >= 4 is 29.6 Å². The molecule has 1 aliphatic heterocycles. The average Bonchev–Trinajstić information content (AvgIpc) is 2.82. The van der Waals surface area contributed by atoms with Gasteiger partial charge in [-0.2, -0.15) is 0 Å². The van der Waals surface area contributed by atoms with E-state index in [-0.39, 0.29) is 12.5 Å². The number of nitrogens with zero attached hydrogens (tertiary/aromatic N) is 1. The predicted octanol–water partition coefficient (Wildman–Crippen LogP) is 2.68. The van der Waals surface area contributed by atoms with E-state index >= 15 is 0 Å². The number of hydrogen-bond acceptors (Lipinski definition) is 2. The molecule has 106 valence electrons. The van der Waals surface area contributed by atoms with Crippen LogP contribution in [-0.4, -0.2) is 35.0 Å². The minimum absolute atomic E-state index is 0.185. The monoisotopic (exact) mass is 293 g/mol. The second-order valence-electron chi connectivity index (χ2n) is 5.23. The first-order valence-electron chi connectivity index (χ1n) is 6.37. The van der Waals surface area contributed by atoms with Crippen molar-refractivity contribution < 1.29 is 14.7 Å². The molecule has 1 heterocycles. The second-order valence-corrected chi connectivity index (χ2v) is 5.64. The van der Waals surface area contributed by atoms with Gasteiger partial charge in [0.15, 0.2) is 0 Å². The van der Waals surface area contributed by atoms with Crippen LogP contribution in [0.2, 0.25) is 5.02 Å². The van der Waals surface area contributed by atoms with E-state index < -0.39 is 11.4 Å². The molecule has 1 amide bonds. The van der Waals surface area contributed by atoms with Gasteiger partial charge in [-0.3, -0.25) is 9.59 Å². The van der Waals surface area contributed by atoms with Crippen molar-refractivity contribution in [3.63, 3.8) is 0 Å². The van der Waals surface area contributed by atoms with Gasteiger partial charge in [0.05, 0.1) is 5.41 Å². The summed E-state index contributed by atoms with van der Waals surface area (Å²) < 4.78 is 0. The standard InChI is InChI=1S/C15H16ClNO3/c1-15(14(19)20)8-9-17(10-15)13(18)7-6-11-4-2-3-5-12(11)16/h2-7H,8-10H2,1H3,(H,19,20). The lowest BCUT2D eigenvalue weighted by atomic mass is 9.90. The highest BCUT2D eigenvalue weighted by Crippen LogP contribution is 2.30. The Morgan fingerprint density at radius 2 is 2.10 bits per heavy atom. The number of halogens is 1. The fraction of sp³-hybridized carbons (Fsp3) is 0.333. The number of carbonyl (C=O) groups is 2. The van der Waals surface area contributed by atoms with E-state index in [1.54, 1.807) is 24.0 Å². The van der Waals surface area contributed by atoms with Gasteiger partial charge in [-0.15, -0.1) is 0 Å². The van der Waals surface area contributed by atoms with Crippen molar-refractivity contribution in [2.75, 3.05) is 13.1 Å². The van der Waals surface area contributed by atoms with Gasteiger partial charge >= 0.3 is 5.97 Å². The number of rotatable bonds is 3.